The maximum absolute atomic E-state index is 12.8. The third-order valence-corrected chi connectivity index (χ3v) is 5.56. The third-order valence-electron chi connectivity index (χ3n) is 5.03. The van der Waals surface area contributed by atoms with Crippen molar-refractivity contribution >= 4 is 27.5 Å². The van der Waals surface area contributed by atoms with Crippen molar-refractivity contribution in [3.63, 3.8) is 0 Å². The number of rotatable bonds is 6. The van der Waals surface area contributed by atoms with Gasteiger partial charge in [0.05, 0.1) is 40.2 Å². The number of nitrogens with zero attached hydrogens (tertiary/aromatic N) is 2. The first-order valence-electron chi connectivity index (χ1n) is 9.57. The molecule has 162 valence electrons. The Morgan fingerprint density at radius 2 is 1.77 bits per heavy atom. The maximum atomic E-state index is 12.8. The van der Waals surface area contributed by atoms with Gasteiger partial charge in [0.25, 0.3) is 5.91 Å². The molecule has 0 saturated carbocycles. The van der Waals surface area contributed by atoms with Crippen LogP contribution in [-0.2, 0) is 17.9 Å². The number of aromatic nitrogens is 2. The second kappa shape index (κ2) is 8.99. The normalized spacial score (nSPS) is 15.2. The van der Waals surface area contributed by atoms with E-state index < -0.39 is 0 Å². The first-order valence-corrected chi connectivity index (χ1v) is 10.4. The van der Waals surface area contributed by atoms with Crippen molar-refractivity contribution in [2.75, 3.05) is 26.6 Å². The van der Waals surface area contributed by atoms with Gasteiger partial charge in [-0.15, -0.1) is 0 Å². The predicted molar refractivity (Wildman–Crippen MR) is 118 cm³/mol. The van der Waals surface area contributed by atoms with Crippen molar-refractivity contribution in [1.82, 2.24) is 9.78 Å². The number of hydrogen-bond donors (Lipinski definition) is 1. The molecule has 1 aliphatic heterocycles. The van der Waals surface area contributed by atoms with Gasteiger partial charge in [0.2, 0.25) is 5.75 Å². The van der Waals surface area contributed by atoms with Crippen LogP contribution in [0, 0.1) is 0 Å². The summed E-state index contributed by atoms with van der Waals surface area (Å²) in [6.45, 7) is 0.916. The van der Waals surface area contributed by atoms with E-state index in [1.54, 1.807) is 18.2 Å². The van der Waals surface area contributed by atoms with Crippen molar-refractivity contribution in [2.24, 2.45) is 0 Å². The number of hydrogen-bond acceptors (Lipinski definition) is 6. The summed E-state index contributed by atoms with van der Waals surface area (Å²) in [5, 5.41) is 7.33. The van der Waals surface area contributed by atoms with Crippen molar-refractivity contribution < 1.29 is 23.7 Å². The van der Waals surface area contributed by atoms with Crippen molar-refractivity contribution in [2.45, 2.75) is 19.3 Å². The topological polar surface area (TPSA) is 83.8 Å². The number of benzene rings is 2. The second-order valence-electron chi connectivity index (χ2n) is 6.92. The Bertz CT molecular complexity index is 1070. The summed E-state index contributed by atoms with van der Waals surface area (Å²) in [6, 6.07) is 13.1. The smallest absolute Gasteiger partial charge is 0.276 e. The van der Waals surface area contributed by atoms with Gasteiger partial charge in [-0.05, 0) is 23.8 Å². The van der Waals surface area contributed by atoms with Crippen LogP contribution >= 0.6 is 15.9 Å². The first-order chi connectivity index (χ1) is 15.0. The Labute approximate surface area is 188 Å². The molecule has 2 heterocycles. The lowest BCUT2D eigenvalue weighted by atomic mass is 10.1. The number of fused-ring (bicyclic) bond motifs is 1. The Hall–Kier alpha value is -3.04. The third kappa shape index (κ3) is 4.38. The lowest BCUT2D eigenvalue weighted by Gasteiger charge is -2.24. The van der Waals surface area contributed by atoms with Gasteiger partial charge in [0.1, 0.15) is 6.10 Å². The number of methoxy groups -OCH3 is 3. The Balaban J connectivity index is 1.52. The van der Waals surface area contributed by atoms with Gasteiger partial charge in [0.15, 0.2) is 17.2 Å². The molecule has 0 aliphatic carbocycles. The van der Waals surface area contributed by atoms with Gasteiger partial charge in [-0.1, -0.05) is 28.1 Å². The van der Waals surface area contributed by atoms with Crippen molar-refractivity contribution in [3.05, 3.63) is 63.9 Å². The standard InChI is InChI=1S/C22H22BrN3O5/c1-28-18-8-15(9-19(29-2)21(18)30-3)24-22(27)17-10-16-12-31-20(11-26(16)25-17)13-4-6-14(23)7-5-13/h4-10,20H,11-12H2,1-3H3,(H,24,27)/t20-/m1/s1. The summed E-state index contributed by atoms with van der Waals surface area (Å²) < 4.78 is 24.8. The summed E-state index contributed by atoms with van der Waals surface area (Å²) in [7, 11) is 4.57. The van der Waals surface area contributed by atoms with Crippen LogP contribution in [-0.4, -0.2) is 37.0 Å². The minimum atomic E-state index is -0.337. The molecule has 0 fully saturated rings. The molecule has 1 N–H and O–H groups in total. The molecule has 2 aromatic carbocycles. The summed E-state index contributed by atoms with van der Waals surface area (Å²) in [5.41, 5.74) is 2.73. The van der Waals surface area contributed by atoms with Gasteiger partial charge < -0.3 is 24.3 Å². The molecule has 0 spiro atoms. The molecule has 1 aromatic heterocycles. The molecule has 0 unspecified atom stereocenters. The fourth-order valence-electron chi connectivity index (χ4n) is 3.46. The Morgan fingerprint density at radius 1 is 1.10 bits per heavy atom. The van der Waals surface area contributed by atoms with Crippen molar-refractivity contribution in [1.29, 1.82) is 0 Å². The highest BCUT2D eigenvalue weighted by atomic mass is 79.9. The molecule has 9 heteroatoms. The molecule has 1 atom stereocenters. The minimum Gasteiger partial charge on any atom is -0.493 e. The van der Waals surface area contributed by atoms with Gasteiger partial charge in [-0.3, -0.25) is 9.48 Å². The van der Waals surface area contributed by atoms with E-state index in [1.807, 2.05) is 28.9 Å². The molecule has 1 amide bonds. The lowest BCUT2D eigenvalue weighted by Crippen LogP contribution is -2.22. The Morgan fingerprint density at radius 3 is 2.39 bits per heavy atom. The molecule has 31 heavy (non-hydrogen) atoms. The lowest BCUT2D eigenvalue weighted by molar-refractivity contribution is -0.00119. The SMILES string of the molecule is COc1cc(NC(=O)c2cc3n(n2)C[C@H](c2ccc(Br)cc2)OC3)cc(OC)c1OC. The van der Waals surface area contributed by atoms with E-state index >= 15 is 0 Å². The van der Waals surface area contributed by atoms with Crippen molar-refractivity contribution in [3.8, 4) is 17.2 Å². The van der Waals surface area contributed by atoms with E-state index in [0.29, 0.717) is 41.8 Å². The van der Waals surface area contributed by atoms with Gasteiger partial charge in [0, 0.05) is 22.3 Å². The zero-order valence-electron chi connectivity index (χ0n) is 17.3. The van der Waals surface area contributed by atoms with E-state index in [0.717, 1.165) is 15.7 Å². The number of carbonyl (C=O) groups excluding carboxylic acids is 1. The molecule has 0 radical (unpaired) electrons. The van der Waals surface area contributed by atoms with E-state index in [1.165, 1.54) is 21.3 Å². The van der Waals surface area contributed by atoms with E-state index in [4.69, 9.17) is 18.9 Å². The number of halogens is 1. The van der Waals surface area contributed by atoms with Gasteiger partial charge in [-0.2, -0.15) is 5.10 Å². The summed E-state index contributed by atoms with van der Waals surface area (Å²) >= 11 is 3.44. The quantitative estimate of drug-likeness (QED) is 0.560. The number of anilines is 1. The van der Waals surface area contributed by atoms with Gasteiger partial charge >= 0.3 is 0 Å². The van der Waals surface area contributed by atoms with Gasteiger partial charge in [-0.25, -0.2) is 0 Å². The molecular formula is C22H22BrN3O5. The van der Waals surface area contributed by atoms with Crippen LogP contribution in [0.3, 0.4) is 0 Å². The fourth-order valence-corrected chi connectivity index (χ4v) is 3.73. The molecule has 0 bridgehead atoms. The summed E-state index contributed by atoms with van der Waals surface area (Å²) in [6.07, 6.45) is -0.119. The second-order valence-corrected chi connectivity index (χ2v) is 7.84. The van der Waals surface area contributed by atoms with E-state index in [2.05, 4.69) is 26.3 Å². The average molecular weight is 488 g/mol. The van der Waals surface area contributed by atoms with Crippen LogP contribution in [0.4, 0.5) is 5.69 Å². The maximum Gasteiger partial charge on any atom is 0.276 e. The highest BCUT2D eigenvalue weighted by molar-refractivity contribution is 9.10. The molecule has 3 aromatic rings. The zero-order valence-corrected chi connectivity index (χ0v) is 18.9. The first kappa shape index (κ1) is 21.2. The van der Waals surface area contributed by atoms with Crippen LogP contribution < -0.4 is 19.5 Å². The molecule has 8 nitrogen and oxygen atoms in total. The van der Waals surface area contributed by atoms with Crippen LogP contribution in [0.15, 0.2) is 46.9 Å². The molecule has 1 aliphatic rings. The minimum absolute atomic E-state index is 0.119. The van der Waals surface area contributed by atoms with Crippen LogP contribution in [0.2, 0.25) is 0 Å². The largest absolute Gasteiger partial charge is 0.493 e. The molecular weight excluding hydrogens is 466 g/mol. The predicted octanol–water partition coefficient (Wildman–Crippen LogP) is 4.20. The summed E-state index contributed by atoms with van der Waals surface area (Å²) in [4.78, 5) is 12.8. The monoisotopic (exact) mass is 487 g/mol. The number of amides is 1. The van der Waals surface area contributed by atoms with Crippen LogP contribution in [0.1, 0.15) is 27.8 Å². The van der Waals surface area contributed by atoms with Crippen LogP contribution in [0.5, 0.6) is 17.2 Å². The highest BCUT2D eigenvalue weighted by Gasteiger charge is 2.24. The van der Waals surface area contributed by atoms with Crippen LogP contribution in [0.25, 0.3) is 0 Å². The zero-order chi connectivity index (χ0) is 22.0. The number of nitrogens with one attached hydrogen (secondary N) is 1. The Kier molecular flexibility index (Phi) is 6.15. The fraction of sp³-hybridized carbons (Fsp3) is 0.273. The molecule has 0 saturated heterocycles. The summed E-state index contributed by atoms with van der Waals surface area (Å²) in [5.74, 6) is 1.02. The highest BCUT2D eigenvalue weighted by Crippen LogP contribution is 2.40. The molecule has 4 rings (SSSR count). The van der Waals surface area contributed by atoms with E-state index in [-0.39, 0.29) is 12.0 Å². The number of ether oxygens (including phenoxy) is 4. The van der Waals surface area contributed by atoms with E-state index in [9.17, 15) is 4.79 Å². The number of carbonyl (C=O) groups is 1. The average Bonchev–Trinajstić information content (AvgIpc) is 3.22.